The largest absolute Gasteiger partial charge is 0.493 e. The van der Waals surface area contributed by atoms with E-state index in [1.54, 1.807) is 7.11 Å². The highest BCUT2D eigenvalue weighted by atomic mass is 16.5. The molecular formula is C14H23NO2. The van der Waals surface area contributed by atoms with E-state index in [0.717, 1.165) is 30.1 Å². The summed E-state index contributed by atoms with van der Waals surface area (Å²) >= 11 is 0. The Morgan fingerprint density at radius 1 is 1.18 bits per heavy atom. The normalized spacial score (nSPS) is 10.3. The Morgan fingerprint density at radius 2 is 2.00 bits per heavy atom. The van der Waals surface area contributed by atoms with Gasteiger partial charge >= 0.3 is 0 Å². The molecule has 0 aliphatic heterocycles. The summed E-state index contributed by atoms with van der Waals surface area (Å²) in [5.74, 6) is 1.57. The third kappa shape index (κ3) is 4.27. The van der Waals surface area contributed by atoms with Crippen LogP contribution in [-0.4, -0.2) is 13.7 Å². The standard InChI is InChI=1S/C14H23NO2/c1-3-4-5-6-10-17-13-9-7-8-12(11-15)14(13)16-2/h7-9H,3-6,10-11,15H2,1-2H3. The molecule has 0 fully saturated rings. The molecule has 0 atom stereocenters. The molecule has 2 N–H and O–H groups in total. The van der Waals surface area contributed by atoms with Gasteiger partial charge in [0, 0.05) is 12.1 Å². The minimum Gasteiger partial charge on any atom is -0.493 e. The average molecular weight is 237 g/mol. The van der Waals surface area contributed by atoms with Crippen molar-refractivity contribution in [3.05, 3.63) is 23.8 Å². The van der Waals surface area contributed by atoms with E-state index in [-0.39, 0.29) is 0 Å². The highest BCUT2D eigenvalue weighted by Crippen LogP contribution is 2.30. The topological polar surface area (TPSA) is 44.5 Å². The van der Waals surface area contributed by atoms with Crippen LogP contribution < -0.4 is 15.2 Å². The summed E-state index contributed by atoms with van der Waals surface area (Å²) in [6.07, 6.45) is 4.81. The molecule has 1 aromatic carbocycles. The first kappa shape index (κ1) is 13.8. The number of nitrogens with two attached hydrogens (primary N) is 1. The zero-order valence-corrected chi connectivity index (χ0v) is 10.9. The molecule has 0 amide bonds. The first-order valence-corrected chi connectivity index (χ1v) is 6.32. The van der Waals surface area contributed by atoms with E-state index in [0.29, 0.717) is 6.54 Å². The number of benzene rings is 1. The molecule has 17 heavy (non-hydrogen) atoms. The lowest BCUT2D eigenvalue weighted by Gasteiger charge is -2.13. The van der Waals surface area contributed by atoms with Crippen molar-refractivity contribution >= 4 is 0 Å². The van der Waals surface area contributed by atoms with Crippen LogP contribution in [0.5, 0.6) is 11.5 Å². The first-order chi connectivity index (χ1) is 8.33. The number of rotatable bonds is 8. The zero-order chi connectivity index (χ0) is 12.5. The second kappa shape index (κ2) is 7.96. The van der Waals surface area contributed by atoms with E-state index in [2.05, 4.69) is 6.92 Å². The van der Waals surface area contributed by atoms with Gasteiger partial charge in [-0.2, -0.15) is 0 Å². The van der Waals surface area contributed by atoms with Crippen LogP contribution in [0, 0.1) is 0 Å². The van der Waals surface area contributed by atoms with Crippen LogP contribution in [0.1, 0.15) is 38.2 Å². The van der Waals surface area contributed by atoms with Crippen molar-refractivity contribution in [1.29, 1.82) is 0 Å². The molecule has 1 rings (SSSR count). The smallest absolute Gasteiger partial charge is 0.165 e. The number of para-hydroxylation sites is 1. The third-order valence-electron chi connectivity index (χ3n) is 2.74. The molecule has 3 heteroatoms. The van der Waals surface area contributed by atoms with E-state index >= 15 is 0 Å². The Labute approximate surface area is 104 Å². The minimum atomic E-state index is 0.468. The van der Waals surface area contributed by atoms with Gasteiger partial charge in [0.2, 0.25) is 0 Å². The summed E-state index contributed by atoms with van der Waals surface area (Å²) in [7, 11) is 1.65. The van der Waals surface area contributed by atoms with Crippen molar-refractivity contribution in [2.24, 2.45) is 5.73 Å². The summed E-state index contributed by atoms with van der Waals surface area (Å²) in [5.41, 5.74) is 6.64. The fourth-order valence-corrected chi connectivity index (χ4v) is 1.78. The van der Waals surface area contributed by atoms with Gasteiger partial charge in [0.25, 0.3) is 0 Å². The minimum absolute atomic E-state index is 0.468. The monoisotopic (exact) mass is 237 g/mol. The Bertz CT molecular complexity index is 326. The van der Waals surface area contributed by atoms with Crippen LogP contribution in [0.15, 0.2) is 18.2 Å². The van der Waals surface area contributed by atoms with E-state index in [4.69, 9.17) is 15.2 Å². The van der Waals surface area contributed by atoms with Crippen molar-refractivity contribution < 1.29 is 9.47 Å². The molecule has 0 unspecified atom stereocenters. The highest BCUT2D eigenvalue weighted by Gasteiger charge is 2.08. The van der Waals surface area contributed by atoms with Crippen molar-refractivity contribution in [2.75, 3.05) is 13.7 Å². The molecule has 0 heterocycles. The lowest BCUT2D eigenvalue weighted by molar-refractivity contribution is 0.284. The van der Waals surface area contributed by atoms with Gasteiger partial charge in [-0.25, -0.2) is 0 Å². The molecule has 0 saturated heterocycles. The summed E-state index contributed by atoms with van der Waals surface area (Å²) in [6, 6.07) is 5.84. The van der Waals surface area contributed by atoms with E-state index in [1.165, 1.54) is 19.3 Å². The predicted octanol–water partition coefficient (Wildman–Crippen LogP) is 3.11. The summed E-state index contributed by atoms with van der Waals surface area (Å²) in [5, 5.41) is 0. The van der Waals surface area contributed by atoms with Crippen LogP contribution >= 0.6 is 0 Å². The van der Waals surface area contributed by atoms with Crippen molar-refractivity contribution in [3.63, 3.8) is 0 Å². The molecule has 0 aliphatic carbocycles. The van der Waals surface area contributed by atoms with Crippen LogP contribution in [0.2, 0.25) is 0 Å². The molecule has 0 spiro atoms. The van der Waals surface area contributed by atoms with Gasteiger partial charge in [-0.1, -0.05) is 38.3 Å². The fraction of sp³-hybridized carbons (Fsp3) is 0.571. The Kier molecular flexibility index (Phi) is 6.48. The molecule has 0 bridgehead atoms. The maximum atomic E-state index is 5.74. The number of ether oxygens (including phenoxy) is 2. The molecule has 3 nitrogen and oxygen atoms in total. The van der Waals surface area contributed by atoms with Crippen molar-refractivity contribution in [2.45, 2.75) is 39.2 Å². The lowest BCUT2D eigenvalue weighted by atomic mass is 10.2. The molecule has 0 aliphatic rings. The quantitative estimate of drug-likeness (QED) is 0.706. The van der Waals surface area contributed by atoms with Crippen LogP contribution in [-0.2, 0) is 6.54 Å². The molecule has 0 saturated carbocycles. The highest BCUT2D eigenvalue weighted by molar-refractivity contribution is 5.46. The maximum absolute atomic E-state index is 5.74. The molecule has 1 aromatic rings. The second-order valence-corrected chi connectivity index (χ2v) is 4.06. The Morgan fingerprint density at radius 3 is 2.65 bits per heavy atom. The number of hydrogen-bond donors (Lipinski definition) is 1. The summed E-state index contributed by atoms with van der Waals surface area (Å²) in [6.45, 7) is 3.41. The molecule has 0 aromatic heterocycles. The van der Waals surface area contributed by atoms with Gasteiger partial charge in [0.05, 0.1) is 13.7 Å². The van der Waals surface area contributed by atoms with E-state index in [9.17, 15) is 0 Å². The zero-order valence-electron chi connectivity index (χ0n) is 10.9. The van der Waals surface area contributed by atoms with E-state index in [1.807, 2.05) is 18.2 Å². The molecule has 96 valence electrons. The second-order valence-electron chi connectivity index (χ2n) is 4.06. The maximum Gasteiger partial charge on any atom is 0.165 e. The van der Waals surface area contributed by atoms with Crippen LogP contribution in [0.3, 0.4) is 0 Å². The Hall–Kier alpha value is -1.22. The lowest BCUT2D eigenvalue weighted by Crippen LogP contribution is -2.04. The van der Waals surface area contributed by atoms with Gasteiger partial charge in [-0.15, -0.1) is 0 Å². The average Bonchev–Trinajstić information content (AvgIpc) is 2.38. The van der Waals surface area contributed by atoms with Crippen LogP contribution in [0.4, 0.5) is 0 Å². The molecular weight excluding hydrogens is 214 g/mol. The summed E-state index contributed by atoms with van der Waals surface area (Å²) in [4.78, 5) is 0. The first-order valence-electron chi connectivity index (χ1n) is 6.32. The van der Waals surface area contributed by atoms with Crippen molar-refractivity contribution in [1.82, 2.24) is 0 Å². The van der Waals surface area contributed by atoms with Gasteiger partial charge in [0.1, 0.15) is 0 Å². The SMILES string of the molecule is CCCCCCOc1cccc(CN)c1OC. The number of unbranched alkanes of at least 4 members (excludes halogenated alkanes) is 3. The van der Waals surface area contributed by atoms with Gasteiger partial charge in [-0.05, 0) is 12.5 Å². The van der Waals surface area contributed by atoms with Crippen LogP contribution in [0.25, 0.3) is 0 Å². The molecule has 0 radical (unpaired) electrons. The van der Waals surface area contributed by atoms with Gasteiger partial charge in [-0.3, -0.25) is 0 Å². The van der Waals surface area contributed by atoms with E-state index < -0.39 is 0 Å². The van der Waals surface area contributed by atoms with Crippen molar-refractivity contribution in [3.8, 4) is 11.5 Å². The summed E-state index contributed by atoms with van der Waals surface area (Å²) < 4.78 is 11.1. The number of methoxy groups -OCH3 is 1. The fourth-order valence-electron chi connectivity index (χ4n) is 1.78. The van der Waals surface area contributed by atoms with Gasteiger partial charge in [0.15, 0.2) is 11.5 Å². The number of hydrogen-bond acceptors (Lipinski definition) is 3. The van der Waals surface area contributed by atoms with Gasteiger partial charge < -0.3 is 15.2 Å². The third-order valence-corrected chi connectivity index (χ3v) is 2.74. The predicted molar refractivity (Wildman–Crippen MR) is 70.5 cm³/mol. The Balaban J connectivity index is 2.52.